The summed E-state index contributed by atoms with van der Waals surface area (Å²) in [7, 11) is 3.82. The molecule has 0 heterocycles. The summed E-state index contributed by atoms with van der Waals surface area (Å²) >= 11 is 0. The standard InChI is InChI=1S/C12H29N3O/c1-15(12-13)10-6-3-4-8-14-9-5-7-11-16-2/h14H,3-13H2,1-2H3. The number of ether oxygens (including phenoxy) is 1. The second kappa shape index (κ2) is 12.9. The summed E-state index contributed by atoms with van der Waals surface area (Å²) in [5.74, 6) is 0. The fourth-order valence-electron chi connectivity index (χ4n) is 1.52. The van der Waals surface area contributed by atoms with E-state index in [4.69, 9.17) is 10.5 Å². The lowest BCUT2D eigenvalue weighted by molar-refractivity contribution is 0.192. The number of hydrogen-bond donors (Lipinski definition) is 2. The third-order valence-corrected chi connectivity index (χ3v) is 2.66. The van der Waals surface area contributed by atoms with Gasteiger partial charge in [0.05, 0.1) is 0 Å². The van der Waals surface area contributed by atoms with Crippen molar-refractivity contribution >= 4 is 0 Å². The molecule has 4 nitrogen and oxygen atoms in total. The molecule has 0 aliphatic heterocycles. The molecule has 0 aliphatic rings. The van der Waals surface area contributed by atoms with Crippen LogP contribution in [0.4, 0.5) is 0 Å². The highest BCUT2D eigenvalue weighted by Crippen LogP contribution is 1.95. The molecule has 98 valence electrons. The first kappa shape index (κ1) is 15.8. The highest BCUT2D eigenvalue weighted by atomic mass is 16.5. The van der Waals surface area contributed by atoms with Crippen LogP contribution in [-0.2, 0) is 4.74 Å². The lowest BCUT2D eigenvalue weighted by atomic mass is 10.2. The van der Waals surface area contributed by atoms with Crippen molar-refractivity contribution in [3.8, 4) is 0 Å². The van der Waals surface area contributed by atoms with Crippen molar-refractivity contribution in [2.75, 3.05) is 47.1 Å². The number of methoxy groups -OCH3 is 1. The van der Waals surface area contributed by atoms with Crippen LogP contribution in [0.5, 0.6) is 0 Å². The van der Waals surface area contributed by atoms with E-state index in [1.54, 1.807) is 7.11 Å². The molecule has 0 rings (SSSR count). The maximum atomic E-state index is 5.50. The minimum absolute atomic E-state index is 0.664. The molecular weight excluding hydrogens is 202 g/mol. The first-order chi connectivity index (χ1) is 7.81. The molecule has 0 fully saturated rings. The summed E-state index contributed by atoms with van der Waals surface area (Å²) in [6.07, 6.45) is 6.17. The molecule has 0 radical (unpaired) electrons. The van der Waals surface area contributed by atoms with Crippen LogP contribution in [0.2, 0.25) is 0 Å². The number of hydrogen-bond acceptors (Lipinski definition) is 4. The van der Waals surface area contributed by atoms with Crippen molar-refractivity contribution in [3.63, 3.8) is 0 Å². The zero-order valence-electron chi connectivity index (χ0n) is 11.0. The number of rotatable bonds is 12. The van der Waals surface area contributed by atoms with E-state index in [-0.39, 0.29) is 0 Å². The summed E-state index contributed by atoms with van der Waals surface area (Å²) in [5.41, 5.74) is 5.50. The number of nitrogens with one attached hydrogen (secondary N) is 1. The molecule has 16 heavy (non-hydrogen) atoms. The van der Waals surface area contributed by atoms with Crippen LogP contribution < -0.4 is 11.1 Å². The molecule has 0 amide bonds. The van der Waals surface area contributed by atoms with Crippen molar-refractivity contribution in [2.45, 2.75) is 32.1 Å². The van der Waals surface area contributed by atoms with Gasteiger partial charge in [-0.05, 0) is 52.4 Å². The second-order valence-corrected chi connectivity index (χ2v) is 4.27. The molecule has 0 atom stereocenters. The van der Waals surface area contributed by atoms with Gasteiger partial charge in [-0.2, -0.15) is 0 Å². The maximum Gasteiger partial charge on any atom is 0.0462 e. The van der Waals surface area contributed by atoms with Crippen LogP contribution in [-0.4, -0.2) is 52.0 Å². The topological polar surface area (TPSA) is 50.5 Å². The van der Waals surface area contributed by atoms with Gasteiger partial charge >= 0.3 is 0 Å². The Labute approximate surface area is 101 Å². The Balaban J connectivity index is 2.93. The van der Waals surface area contributed by atoms with Crippen LogP contribution in [0.3, 0.4) is 0 Å². The molecule has 0 saturated carbocycles. The van der Waals surface area contributed by atoms with Crippen molar-refractivity contribution in [1.82, 2.24) is 10.2 Å². The molecule has 0 bridgehead atoms. The maximum absolute atomic E-state index is 5.50. The Bertz CT molecular complexity index is 133. The van der Waals surface area contributed by atoms with Gasteiger partial charge in [-0.1, -0.05) is 6.42 Å². The van der Waals surface area contributed by atoms with E-state index in [9.17, 15) is 0 Å². The van der Waals surface area contributed by atoms with E-state index in [1.165, 1.54) is 25.7 Å². The smallest absolute Gasteiger partial charge is 0.0462 e. The molecule has 0 spiro atoms. The van der Waals surface area contributed by atoms with Gasteiger partial charge < -0.3 is 15.8 Å². The summed E-state index contributed by atoms with van der Waals surface area (Å²) < 4.78 is 4.99. The average Bonchev–Trinajstić information content (AvgIpc) is 2.31. The Hall–Kier alpha value is -0.160. The predicted molar refractivity (Wildman–Crippen MR) is 69.5 cm³/mol. The highest BCUT2D eigenvalue weighted by Gasteiger charge is 1.94. The van der Waals surface area contributed by atoms with Crippen molar-refractivity contribution < 1.29 is 4.74 Å². The molecule has 0 saturated heterocycles. The lowest BCUT2D eigenvalue weighted by Gasteiger charge is -2.12. The zero-order chi connectivity index (χ0) is 12.1. The van der Waals surface area contributed by atoms with Crippen LogP contribution in [0.1, 0.15) is 32.1 Å². The molecule has 3 N–H and O–H groups in total. The molecule has 4 heteroatoms. The number of nitrogens with two attached hydrogens (primary N) is 1. The van der Waals surface area contributed by atoms with E-state index < -0.39 is 0 Å². The third kappa shape index (κ3) is 11.9. The quantitative estimate of drug-likeness (QED) is 0.389. The summed E-state index contributed by atoms with van der Waals surface area (Å²) in [6.45, 7) is 4.92. The molecule has 0 aromatic carbocycles. The largest absolute Gasteiger partial charge is 0.385 e. The van der Waals surface area contributed by atoms with Crippen LogP contribution >= 0.6 is 0 Å². The Morgan fingerprint density at radius 2 is 1.75 bits per heavy atom. The molecule has 0 aromatic heterocycles. The molecular formula is C12H29N3O. The van der Waals surface area contributed by atoms with Gasteiger partial charge in [-0.15, -0.1) is 0 Å². The zero-order valence-corrected chi connectivity index (χ0v) is 11.0. The van der Waals surface area contributed by atoms with Gasteiger partial charge in [0, 0.05) is 20.4 Å². The second-order valence-electron chi connectivity index (χ2n) is 4.27. The first-order valence-electron chi connectivity index (χ1n) is 6.39. The Kier molecular flexibility index (Phi) is 12.8. The van der Waals surface area contributed by atoms with Crippen molar-refractivity contribution in [1.29, 1.82) is 0 Å². The SMILES string of the molecule is COCCCCNCCCCCN(C)CN. The molecule has 0 aliphatic carbocycles. The van der Waals surface area contributed by atoms with Gasteiger partial charge in [0.15, 0.2) is 0 Å². The van der Waals surface area contributed by atoms with E-state index in [2.05, 4.69) is 17.3 Å². The summed E-state index contributed by atoms with van der Waals surface area (Å²) in [6, 6.07) is 0. The van der Waals surface area contributed by atoms with Gasteiger partial charge in [-0.25, -0.2) is 0 Å². The van der Waals surface area contributed by atoms with E-state index in [1.807, 2.05) is 0 Å². The van der Waals surface area contributed by atoms with Crippen LogP contribution in [0, 0.1) is 0 Å². The minimum atomic E-state index is 0.664. The van der Waals surface area contributed by atoms with Crippen LogP contribution in [0.25, 0.3) is 0 Å². The highest BCUT2D eigenvalue weighted by molar-refractivity contribution is 4.52. The Morgan fingerprint density at radius 3 is 2.38 bits per heavy atom. The monoisotopic (exact) mass is 231 g/mol. The fraction of sp³-hybridized carbons (Fsp3) is 1.00. The average molecular weight is 231 g/mol. The van der Waals surface area contributed by atoms with Crippen LogP contribution in [0.15, 0.2) is 0 Å². The van der Waals surface area contributed by atoms with Gasteiger partial charge in [0.1, 0.15) is 0 Å². The fourth-order valence-corrected chi connectivity index (χ4v) is 1.52. The normalized spacial score (nSPS) is 11.2. The van der Waals surface area contributed by atoms with Crippen molar-refractivity contribution in [3.05, 3.63) is 0 Å². The number of unbranched alkanes of at least 4 members (excludes halogenated alkanes) is 3. The lowest BCUT2D eigenvalue weighted by Crippen LogP contribution is -2.26. The van der Waals surface area contributed by atoms with E-state index in [0.29, 0.717) is 6.67 Å². The first-order valence-corrected chi connectivity index (χ1v) is 6.39. The van der Waals surface area contributed by atoms with Crippen molar-refractivity contribution in [2.24, 2.45) is 5.73 Å². The summed E-state index contributed by atoms with van der Waals surface area (Å²) in [5, 5.41) is 3.45. The minimum Gasteiger partial charge on any atom is -0.385 e. The molecule has 0 aromatic rings. The van der Waals surface area contributed by atoms with Gasteiger partial charge in [-0.3, -0.25) is 4.90 Å². The Morgan fingerprint density at radius 1 is 1.06 bits per heavy atom. The third-order valence-electron chi connectivity index (χ3n) is 2.66. The predicted octanol–water partition coefficient (Wildman–Crippen LogP) is 1.02. The molecule has 0 unspecified atom stereocenters. The van der Waals surface area contributed by atoms with Gasteiger partial charge in [0.2, 0.25) is 0 Å². The van der Waals surface area contributed by atoms with E-state index in [0.717, 1.165) is 32.7 Å². The van der Waals surface area contributed by atoms with Gasteiger partial charge in [0.25, 0.3) is 0 Å². The summed E-state index contributed by atoms with van der Waals surface area (Å²) in [4.78, 5) is 2.15. The number of nitrogens with zero attached hydrogens (tertiary/aromatic N) is 1. The van der Waals surface area contributed by atoms with E-state index >= 15 is 0 Å².